The van der Waals surface area contributed by atoms with Gasteiger partial charge in [0.05, 0.1) is 5.69 Å². The normalized spacial score (nSPS) is 11.0. The molecule has 2 N–H and O–H groups in total. The number of halogens is 1. The molecular weight excluding hydrogens is 415 g/mol. The summed E-state index contributed by atoms with van der Waals surface area (Å²) in [4.78, 5) is 4.77. The molecule has 0 fully saturated rings. The Bertz CT molecular complexity index is 1020. The molecule has 0 amide bonds. The van der Waals surface area contributed by atoms with E-state index >= 15 is 0 Å². The molecule has 4 rings (SSSR count). The van der Waals surface area contributed by atoms with Gasteiger partial charge in [-0.2, -0.15) is 0 Å². The van der Waals surface area contributed by atoms with E-state index in [4.69, 9.17) is 4.98 Å². The van der Waals surface area contributed by atoms with E-state index in [-0.39, 0.29) is 11.8 Å². The molecular formula is C19H13IN2O2. The molecule has 4 aromatic rings. The van der Waals surface area contributed by atoms with Crippen LogP contribution in [0.4, 0.5) is 0 Å². The molecule has 0 aliphatic rings. The molecule has 4 nitrogen and oxygen atoms in total. The van der Waals surface area contributed by atoms with Crippen molar-refractivity contribution in [2.75, 3.05) is 0 Å². The molecule has 0 aliphatic carbocycles. The van der Waals surface area contributed by atoms with Gasteiger partial charge >= 0.3 is 0 Å². The average Bonchev–Trinajstić information content (AvgIpc) is 2.95. The first-order chi connectivity index (χ1) is 11.7. The summed E-state index contributed by atoms with van der Waals surface area (Å²) in [5, 5.41) is 22.2. The van der Waals surface area contributed by atoms with Gasteiger partial charge in [-0.25, -0.2) is 9.55 Å². The number of fused-ring (bicyclic) bond motifs is 1. The smallest absolute Gasteiger partial charge is 0.199 e. The van der Waals surface area contributed by atoms with Crippen LogP contribution in [0.3, 0.4) is 0 Å². The van der Waals surface area contributed by atoms with E-state index < -0.39 is 0 Å². The van der Waals surface area contributed by atoms with Crippen molar-refractivity contribution in [3.8, 4) is 28.8 Å². The second-order valence-corrected chi connectivity index (χ2v) is 6.47. The number of pyridine rings is 1. The van der Waals surface area contributed by atoms with Crippen LogP contribution in [0.5, 0.6) is 11.8 Å². The van der Waals surface area contributed by atoms with Crippen molar-refractivity contribution < 1.29 is 10.2 Å². The zero-order valence-electron chi connectivity index (χ0n) is 12.5. The van der Waals surface area contributed by atoms with Crippen molar-refractivity contribution in [2.45, 2.75) is 0 Å². The molecule has 2 heterocycles. The third-order valence-electron chi connectivity index (χ3n) is 3.93. The first-order valence-electron chi connectivity index (χ1n) is 7.40. The number of aromatic nitrogens is 2. The Morgan fingerprint density at radius 1 is 0.750 bits per heavy atom. The van der Waals surface area contributed by atoms with Crippen molar-refractivity contribution in [1.29, 1.82) is 0 Å². The second-order valence-electron chi connectivity index (χ2n) is 5.39. The van der Waals surface area contributed by atoms with Crippen LogP contribution in [0, 0.1) is 3.57 Å². The second kappa shape index (κ2) is 5.83. The van der Waals surface area contributed by atoms with E-state index in [1.807, 2.05) is 54.6 Å². The van der Waals surface area contributed by atoms with Gasteiger partial charge in [0, 0.05) is 32.0 Å². The van der Waals surface area contributed by atoms with E-state index in [0.717, 1.165) is 25.6 Å². The molecule has 0 aliphatic heterocycles. The van der Waals surface area contributed by atoms with Gasteiger partial charge in [0.1, 0.15) is 0 Å². The third-order valence-corrected chi connectivity index (χ3v) is 5.02. The first-order valence-corrected chi connectivity index (χ1v) is 8.48. The van der Waals surface area contributed by atoms with E-state index in [1.54, 1.807) is 0 Å². The number of nitrogens with zero attached hydrogens (tertiary/aromatic N) is 2. The fourth-order valence-corrected chi connectivity index (χ4v) is 3.70. The summed E-state index contributed by atoms with van der Waals surface area (Å²) in [6.45, 7) is 0. The maximum absolute atomic E-state index is 10.1. The lowest BCUT2D eigenvalue weighted by molar-refractivity contribution is 0.401. The van der Waals surface area contributed by atoms with E-state index in [1.165, 1.54) is 16.7 Å². The lowest BCUT2D eigenvalue weighted by Crippen LogP contribution is -2.02. The van der Waals surface area contributed by atoms with Crippen molar-refractivity contribution in [3.63, 3.8) is 0 Å². The van der Waals surface area contributed by atoms with Crippen LogP contribution in [-0.4, -0.2) is 19.8 Å². The fourth-order valence-electron chi connectivity index (χ4n) is 2.80. The summed E-state index contributed by atoms with van der Waals surface area (Å²) in [7, 11) is 0. The SMILES string of the molecule is Oc1ccc(O)n1-c1nc(-c2ccccc2)c(I)c2ccccc12. The molecule has 2 aromatic carbocycles. The lowest BCUT2D eigenvalue weighted by atomic mass is 10.1. The fraction of sp³-hybridized carbons (Fsp3) is 0. The molecule has 24 heavy (non-hydrogen) atoms. The minimum Gasteiger partial charge on any atom is -0.494 e. The van der Waals surface area contributed by atoms with E-state index in [9.17, 15) is 10.2 Å². The quantitative estimate of drug-likeness (QED) is 0.455. The van der Waals surface area contributed by atoms with Crippen molar-refractivity contribution >= 4 is 33.4 Å². The number of benzene rings is 2. The Morgan fingerprint density at radius 2 is 1.33 bits per heavy atom. The Hall–Kier alpha value is -2.54. The standard InChI is InChI=1S/C19H13IN2O2/c20-17-13-8-4-5-9-14(13)19(22-15(23)10-11-16(22)24)21-18(17)12-6-2-1-3-7-12/h1-11,23-24H. The monoisotopic (exact) mass is 428 g/mol. The number of hydrogen-bond donors (Lipinski definition) is 2. The molecule has 0 saturated carbocycles. The highest BCUT2D eigenvalue weighted by atomic mass is 127. The van der Waals surface area contributed by atoms with Crippen molar-refractivity contribution in [3.05, 3.63) is 70.3 Å². The molecule has 2 aromatic heterocycles. The van der Waals surface area contributed by atoms with E-state index in [2.05, 4.69) is 22.6 Å². The van der Waals surface area contributed by atoms with Crippen LogP contribution >= 0.6 is 22.6 Å². The van der Waals surface area contributed by atoms with Crippen molar-refractivity contribution in [1.82, 2.24) is 9.55 Å². The zero-order chi connectivity index (χ0) is 16.7. The summed E-state index contributed by atoms with van der Waals surface area (Å²) < 4.78 is 2.38. The summed E-state index contributed by atoms with van der Waals surface area (Å²) in [6.07, 6.45) is 0. The van der Waals surface area contributed by atoms with Crippen LogP contribution < -0.4 is 0 Å². The Morgan fingerprint density at radius 3 is 2.00 bits per heavy atom. The number of hydrogen-bond acceptors (Lipinski definition) is 3. The molecule has 5 heteroatoms. The summed E-state index contributed by atoms with van der Waals surface area (Å²) in [5.74, 6) is 0.403. The van der Waals surface area contributed by atoms with Gasteiger partial charge in [-0.3, -0.25) is 0 Å². The van der Waals surface area contributed by atoms with Crippen LogP contribution in [0.15, 0.2) is 66.7 Å². The Balaban J connectivity index is 2.12. The molecule has 0 radical (unpaired) electrons. The van der Waals surface area contributed by atoms with Gasteiger partial charge in [0.2, 0.25) is 0 Å². The topological polar surface area (TPSA) is 58.3 Å². The Kier molecular flexibility index (Phi) is 3.65. The van der Waals surface area contributed by atoms with Crippen molar-refractivity contribution in [2.24, 2.45) is 0 Å². The van der Waals surface area contributed by atoms with E-state index in [0.29, 0.717) is 5.82 Å². The lowest BCUT2D eigenvalue weighted by Gasteiger charge is -2.14. The van der Waals surface area contributed by atoms with Crippen LogP contribution in [0.25, 0.3) is 27.8 Å². The predicted octanol–water partition coefficient (Wildman–Crippen LogP) is 4.71. The highest BCUT2D eigenvalue weighted by Gasteiger charge is 2.18. The molecule has 0 bridgehead atoms. The Labute approximate surface area is 152 Å². The summed E-state index contributed by atoms with van der Waals surface area (Å²) >= 11 is 2.30. The van der Waals surface area contributed by atoms with Crippen LogP contribution in [0.1, 0.15) is 0 Å². The number of rotatable bonds is 2. The maximum atomic E-state index is 10.1. The molecule has 0 atom stereocenters. The third kappa shape index (κ3) is 2.32. The minimum absolute atomic E-state index is 0.0506. The summed E-state index contributed by atoms with van der Waals surface area (Å²) in [5.41, 5.74) is 1.80. The van der Waals surface area contributed by atoms with Gasteiger partial charge < -0.3 is 10.2 Å². The van der Waals surface area contributed by atoms with Crippen LogP contribution in [0.2, 0.25) is 0 Å². The van der Waals surface area contributed by atoms with Crippen LogP contribution in [-0.2, 0) is 0 Å². The highest BCUT2D eigenvalue weighted by Crippen LogP contribution is 2.36. The summed E-state index contributed by atoms with van der Waals surface area (Å²) in [6, 6.07) is 20.6. The molecule has 0 unspecified atom stereocenters. The predicted molar refractivity (Wildman–Crippen MR) is 103 cm³/mol. The van der Waals surface area contributed by atoms with Gasteiger partial charge in [-0.05, 0) is 22.6 Å². The molecule has 0 spiro atoms. The first kappa shape index (κ1) is 15.0. The highest BCUT2D eigenvalue weighted by molar-refractivity contribution is 14.1. The average molecular weight is 428 g/mol. The molecule has 0 saturated heterocycles. The van der Waals surface area contributed by atoms with Gasteiger partial charge in [-0.1, -0.05) is 54.6 Å². The minimum atomic E-state index is -0.0506. The van der Waals surface area contributed by atoms with Gasteiger partial charge in [-0.15, -0.1) is 0 Å². The maximum Gasteiger partial charge on any atom is 0.199 e. The molecule has 118 valence electrons. The number of aromatic hydroxyl groups is 2. The van der Waals surface area contributed by atoms with Gasteiger partial charge in [0.25, 0.3) is 0 Å². The largest absolute Gasteiger partial charge is 0.494 e. The zero-order valence-corrected chi connectivity index (χ0v) is 14.7. The van der Waals surface area contributed by atoms with Gasteiger partial charge in [0.15, 0.2) is 17.6 Å².